The van der Waals surface area contributed by atoms with Gasteiger partial charge in [0.15, 0.2) is 35.3 Å². The second kappa shape index (κ2) is 24.2. The predicted molar refractivity (Wildman–Crippen MR) is 365 cm³/mol. The van der Waals surface area contributed by atoms with E-state index in [0.717, 1.165) is 132 Å². The van der Waals surface area contributed by atoms with Crippen LogP contribution in [-0.4, -0.2) is 15.0 Å². The summed E-state index contributed by atoms with van der Waals surface area (Å²) in [6.45, 7) is 42.3. The molecule has 12 aromatic rings. The molecule has 0 atom stereocenters. The molecule has 88 heavy (non-hydrogen) atoms. The normalized spacial score (nSPS) is 12.3. The van der Waals surface area contributed by atoms with E-state index in [1.165, 1.54) is 67.2 Å². The minimum atomic E-state index is 0.258. The van der Waals surface area contributed by atoms with Crippen molar-refractivity contribution in [1.82, 2.24) is 15.0 Å². The summed E-state index contributed by atoms with van der Waals surface area (Å²) < 4.78 is 25.8. The SMILES string of the molecule is CCc1ccc2c(n1)oc1c(-c3cc(C)c(CC(C)(C)C)c[n+]3C)c(C)ccc12.CCc1ccc2c(n1)oc1c(-c3cc(C)c(CC(C)(C)C)c[n+]3C)c(C)ccc12.Cc1cc(-c2c(C)ccc3c2oc2nc(C(C)C)ccc23)[n+](C)cc1CC(C)(C)C. The van der Waals surface area contributed by atoms with Gasteiger partial charge in [0.2, 0.25) is 34.2 Å². The topological polar surface area (TPSA) is 89.7 Å². The molecule has 0 aliphatic heterocycles. The third-order valence-electron chi connectivity index (χ3n) is 17.3. The number of aromatic nitrogens is 6. The summed E-state index contributed by atoms with van der Waals surface area (Å²) in [5.74, 6) is 0.375. The van der Waals surface area contributed by atoms with E-state index in [1.54, 1.807) is 0 Å². The second-order valence-corrected chi connectivity index (χ2v) is 29.1. The zero-order valence-corrected chi connectivity index (χ0v) is 56.9. The van der Waals surface area contributed by atoms with Crippen LogP contribution in [0.1, 0.15) is 163 Å². The number of hydrogen-bond donors (Lipinski definition) is 0. The van der Waals surface area contributed by atoms with Gasteiger partial charge in [-0.3, -0.25) is 0 Å². The number of hydrogen-bond acceptors (Lipinski definition) is 6. The lowest BCUT2D eigenvalue weighted by molar-refractivity contribution is -0.661. The highest BCUT2D eigenvalue weighted by Gasteiger charge is 2.28. The molecule has 0 saturated carbocycles. The number of nitrogens with zero attached hydrogens (tertiary/aromatic N) is 6. The van der Waals surface area contributed by atoms with Crippen molar-refractivity contribution in [3.8, 4) is 33.8 Å². The Kier molecular flexibility index (Phi) is 17.3. The molecule has 0 radical (unpaired) electrons. The highest BCUT2D eigenvalue weighted by atomic mass is 16.3. The maximum atomic E-state index is 6.39. The molecule has 9 nitrogen and oxygen atoms in total. The van der Waals surface area contributed by atoms with Crippen LogP contribution in [0.3, 0.4) is 0 Å². The van der Waals surface area contributed by atoms with Crippen LogP contribution in [0.25, 0.3) is 100.0 Å². The van der Waals surface area contributed by atoms with Crippen LogP contribution >= 0.6 is 0 Å². The summed E-state index contributed by atoms with van der Waals surface area (Å²) >= 11 is 0. The van der Waals surface area contributed by atoms with Gasteiger partial charge in [0.1, 0.15) is 21.1 Å². The fourth-order valence-electron chi connectivity index (χ4n) is 12.6. The van der Waals surface area contributed by atoms with E-state index in [4.69, 9.17) is 28.2 Å². The van der Waals surface area contributed by atoms with Crippen LogP contribution in [0.15, 0.2) is 123 Å². The summed E-state index contributed by atoms with van der Waals surface area (Å²) in [5.41, 5.74) is 27.7. The van der Waals surface area contributed by atoms with Gasteiger partial charge in [-0.15, -0.1) is 0 Å². The lowest BCUT2D eigenvalue weighted by atomic mass is 9.86. The van der Waals surface area contributed by atoms with Crippen molar-refractivity contribution in [1.29, 1.82) is 0 Å². The average Bonchev–Trinajstić information content (AvgIpc) is 1.69. The Bertz CT molecular complexity index is 4450. The highest BCUT2D eigenvalue weighted by Crippen LogP contribution is 2.41. The van der Waals surface area contributed by atoms with Crippen molar-refractivity contribution in [2.45, 2.75) is 170 Å². The Morgan fingerprint density at radius 2 is 0.659 bits per heavy atom. The summed E-state index contributed by atoms with van der Waals surface area (Å²) in [5, 5.41) is 6.65. The van der Waals surface area contributed by atoms with Crippen LogP contribution < -0.4 is 13.7 Å². The van der Waals surface area contributed by atoms with E-state index in [-0.39, 0.29) is 16.2 Å². The van der Waals surface area contributed by atoms with Gasteiger partial charge in [-0.25, -0.2) is 28.7 Å². The van der Waals surface area contributed by atoms with E-state index < -0.39 is 0 Å². The zero-order chi connectivity index (χ0) is 63.6. The molecular weight excluding hydrogens is 1080 g/mol. The van der Waals surface area contributed by atoms with Crippen LogP contribution in [0.5, 0.6) is 0 Å². The molecule has 0 aliphatic carbocycles. The van der Waals surface area contributed by atoms with Crippen LogP contribution in [0.4, 0.5) is 0 Å². The fraction of sp³-hybridized carbons (Fsp3) is 0.392. The number of furan rings is 3. The van der Waals surface area contributed by atoms with Crippen LogP contribution in [0.2, 0.25) is 0 Å². The number of aryl methyl sites for hydroxylation is 11. The molecule has 0 unspecified atom stereocenters. The van der Waals surface area contributed by atoms with E-state index in [2.05, 4.69) is 276 Å². The lowest BCUT2D eigenvalue weighted by Crippen LogP contribution is -2.32. The maximum absolute atomic E-state index is 6.39. The minimum absolute atomic E-state index is 0.258. The van der Waals surface area contributed by atoms with E-state index >= 15 is 0 Å². The third-order valence-corrected chi connectivity index (χ3v) is 17.3. The van der Waals surface area contributed by atoms with Crippen molar-refractivity contribution in [3.05, 3.63) is 177 Å². The van der Waals surface area contributed by atoms with Gasteiger partial charge in [-0.1, -0.05) is 126 Å². The number of rotatable bonds is 9. The molecule has 12 rings (SSSR count). The molecule has 9 heteroatoms. The largest absolute Gasteiger partial charge is 0.437 e. The first-order chi connectivity index (χ1) is 41.4. The van der Waals surface area contributed by atoms with Crippen LogP contribution in [0, 0.1) is 57.8 Å². The zero-order valence-electron chi connectivity index (χ0n) is 56.9. The summed E-state index contributed by atoms with van der Waals surface area (Å²) in [6.07, 6.45) is 11.8. The van der Waals surface area contributed by atoms with Gasteiger partial charge < -0.3 is 13.3 Å². The van der Waals surface area contributed by atoms with E-state index in [1.807, 2.05) is 0 Å². The first-order valence-electron chi connectivity index (χ1n) is 31.9. The number of fused-ring (bicyclic) bond motifs is 9. The predicted octanol–water partition coefficient (Wildman–Crippen LogP) is 19.3. The lowest BCUT2D eigenvalue weighted by Gasteiger charge is -2.19. The second-order valence-electron chi connectivity index (χ2n) is 29.1. The van der Waals surface area contributed by atoms with Crippen molar-refractivity contribution in [2.24, 2.45) is 37.4 Å². The molecule has 0 N–H and O–H groups in total. The first-order valence-corrected chi connectivity index (χ1v) is 31.9. The van der Waals surface area contributed by atoms with Gasteiger partial charge >= 0.3 is 0 Å². The molecule has 9 heterocycles. The molecule has 0 saturated heterocycles. The molecule has 0 bridgehead atoms. The van der Waals surface area contributed by atoms with Crippen LogP contribution in [-0.2, 0) is 53.2 Å². The molecular formula is C79H95N6O3+3. The van der Waals surface area contributed by atoms with Crippen molar-refractivity contribution < 1.29 is 27.0 Å². The minimum Gasteiger partial charge on any atom is -0.437 e. The molecule has 3 aromatic carbocycles. The highest BCUT2D eigenvalue weighted by molar-refractivity contribution is 6.11. The monoisotopic (exact) mass is 1180 g/mol. The third kappa shape index (κ3) is 12.9. The summed E-state index contributed by atoms with van der Waals surface area (Å²) in [4.78, 5) is 14.2. The molecule has 0 amide bonds. The summed E-state index contributed by atoms with van der Waals surface area (Å²) in [6, 6.07) is 32.7. The van der Waals surface area contributed by atoms with Gasteiger partial charge in [-0.05, 0) is 166 Å². The quantitative estimate of drug-likeness (QED) is 0.134. The van der Waals surface area contributed by atoms with Gasteiger partial charge in [0.25, 0.3) is 0 Å². The Morgan fingerprint density at radius 3 is 0.943 bits per heavy atom. The smallest absolute Gasteiger partial charge is 0.227 e. The first kappa shape index (κ1) is 63.0. The Morgan fingerprint density at radius 1 is 0.375 bits per heavy atom. The van der Waals surface area contributed by atoms with Crippen molar-refractivity contribution in [2.75, 3.05) is 0 Å². The van der Waals surface area contributed by atoms with Crippen molar-refractivity contribution >= 4 is 66.2 Å². The Labute approximate surface area is 522 Å². The number of pyridine rings is 6. The fourth-order valence-corrected chi connectivity index (χ4v) is 12.6. The van der Waals surface area contributed by atoms with Gasteiger partial charge in [-0.2, -0.15) is 0 Å². The Hall–Kier alpha value is -8.04. The standard InChI is InChI=1S/C27H33N2O.2C26H31N2O/c1-16(2)22-12-11-21-20-10-9-17(3)24(25(20)30-26(21)28-22)23-13-18(4)19(15-29(23)8)14-27(5,6)7;2*1-8-19-10-12-21-20-11-9-16(2)23(24(20)29-25(21)27-19)22-13-17(3)18(15-28(22)7)14-26(4,5)6/h9-13,15-16H,14H2,1-8H3;2*9-13,15H,8,14H2,1-7H3/q3*+1. The molecule has 0 aliphatic rings. The van der Waals surface area contributed by atoms with Crippen molar-refractivity contribution in [3.63, 3.8) is 0 Å². The maximum Gasteiger partial charge on any atom is 0.227 e. The molecule has 456 valence electrons. The average molecular weight is 1180 g/mol. The van der Waals surface area contributed by atoms with E-state index in [9.17, 15) is 0 Å². The molecule has 9 aromatic heterocycles. The molecule has 0 spiro atoms. The van der Waals surface area contributed by atoms with Gasteiger partial charge in [0.05, 0.1) is 16.7 Å². The number of benzene rings is 3. The van der Waals surface area contributed by atoms with Gasteiger partial charge in [0, 0.05) is 84.3 Å². The molecule has 0 fully saturated rings. The van der Waals surface area contributed by atoms with E-state index in [0.29, 0.717) is 5.92 Å². The summed E-state index contributed by atoms with van der Waals surface area (Å²) in [7, 11) is 6.40. The Balaban J connectivity index is 0.000000146.